The minimum atomic E-state index is 0.303. The van der Waals surface area contributed by atoms with Gasteiger partial charge in [0.25, 0.3) is 0 Å². The van der Waals surface area contributed by atoms with E-state index >= 15 is 0 Å². The summed E-state index contributed by atoms with van der Waals surface area (Å²) >= 11 is 16.7. The quantitative estimate of drug-likeness (QED) is 0.882. The number of nitrogens with two attached hydrogens (primary N) is 1. The zero-order valence-electron chi connectivity index (χ0n) is 8.73. The molecule has 2 rings (SSSR count). The zero-order valence-corrected chi connectivity index (χ0v) is 11.1. The first-order chi connectivity index (χ1) is 8.08. The van der Waals surface area contributed by atoms with Crippen LogP contribution in [0.5, 0.6) is 0 Å². The van der Waals surface area contributed by atoms with Gasteiger partial charge in [-0.25, -0.2) is 4.98 Å². The Kier molecular flexibility index (Phi) is 3.66. The summed E-state index contributed by atoms with van der Waals surface area (Å²) in [5.74, 6) is 0. The van der Waals surface area contributed by atoms with Gasteiger partial charge < -0.3 is 10.3 Å². The Labute approximate surface area is 114 Å². The summed E-state index contributed by atoms with van der Waals surface area (Å²) < 4.78 is 1.75. The van der Waals surface area contributed by atoms with Crippen molar-refractivity contribution in [2.45, 2.75) is 6.54 Å². The third kappa shape index (κ3) is 2.77. The smallest absolute Gasteiger partial charge is 0.166 e. The van der Waals surface area contributed by atoms with Crippen LogP contribution >= 0.6 is 35.4 Å². The van der Waals surface area contributed by atoms with Gasteiger partial charge in [0, 0.05) is 12.1 Å². The van der Waals surface area contributed by atoms with E-state index in [-0.39, 0.29) is 0 Å². The van der Waals surface area contributed by atoms with Crippen molar-refractivity contribution in [1.29, 1.82) is 0 Å². The molecule has 2 aromatic rings. The van der Waals surface area contributed by atoms with Crippen LogP contribution in [0.3, 0.4) is 0 Å². The van der Waals surface area contributed by atoms with E-state index < -0.39 is 0 Å². The lowest BCUT2D eigenvalue weighted by molar-refractivity contribution is 0.798. The van der Waals surface area contributed by atoms with Crippen LogP contribution in [0.15, 0.2) is 30.6 Å². The van der Waals surface area contributed by atoms with E-state index in [0.29, 0.717) is 21.8 Å². The Morgan fingerprint density at radius 2 is 2.18 bits per heavy atom. The largest absolute Gasteiger partial charge is 0.389 e. The molecule has 0 spiro atoms. The van der Waals surface area contributed by atoms with Gasteiger partial charge in [-0.15, -0.1) is 0 Å². The third-order valence-electron chi connectivity index (χ3n) is 2.30. The number of hydrogen-bond acceptors (Lipinski definition) is 2. The zero-order chi connectivity index (χ0) is 12.4. The van der Waals surface area contributed by atoms with Gasteiger partial charge in [-0.3, -0.25) is 0 Å². The van der Waals surface area contributed by atoms with E-state index in [1.807, 2.05) is 24.3 Å². The number of benzene rings is 1. The molecule has 2 N–H and O–H groups in total. The van der Waals surface area contributed by atoms with Crippen molar-refractivity contribution in [3.63, 3.8) is 0 Å². The van der Waals surface area contributed by atoms with Crippen molar-refractivity contribution in [2.24, 2.45) is 5.73 Å². The van der Waals surface area contributed by atoms with Crippen molar-refractivity contribution in [2.75, 3.05) is 0 Å². The highest BCUT2D eigenvalue weighted by molar-refractivity contribution is 7.80. The average molecular weight is 286 g/mol. The highest BCUT2D eigenvalue weighted by Crippen LogP contribution is 2.20. The van der Waals surface area contributed by atoms with Gasteiger partial charge in [0.2, 0.25) is 0 Å². The normalized spacial score (nSPS) is 10.5. The van der Waals surface area contributed by atoms with E-state index in [1.54, 1.807) is 10.9 Å². The number of nitrogens with zero attached hydrogens (tertiary/aromatic N) is 2. The van der Waals surface area contributed by atoms with Gasteiger partial charge in [0.1, 0.15) is 10.1 Å². The number of imidazole rings is 1. The molecule has 0 aliphatic heterocycles. The first-order valence-electron chi connectivity index (χ1n) is 4.83. The van der Waals surface area contributed by atoms with Gasteiger partial charge >= 0.3 is 0 Å². The minimum Gasteiger partial charge on any atom is -0.389 e. The molecule has 1 aromatic heterocycles. The fraction of sp³-hybridized carbons (Fsp3) is 0.0909. The molecule has 1 aromatic carbocycles. The molecule has 0 radical (unpaired) electrons. The maximum absolute atomic E-state index is 5.98. The molecule has 17 heavy (non-hydrogen) atoms. The lowest BCUT2D eigenvalue weighted by Crippen LogP contribution is -2.10. The number of thiocarbonyl (C=S) groups is 1. The van der Waals surface area contributed by atoms with Crippen LogP contribution < -0.4 is 5.73 Å². The van der Waals surface area contributed by atoms with Crippen LogP contribution in [0, 0.1) is 0 Å². The fourth-order valence-corrected chi connectivity index (χ4v) is 1.90. The number of halogens is 2. The molecule has 3 nitrogen and oxygen atoms in total. The van der Waals surface area contributed by atoms with E-state index in [2.05, 4.69) is 4.98 Å². The lowest BCUT2D eigenvalue weighted by Gasteiger charge is -2.06. The van der Waals surface area contributed by atoms with Crippen molar-refractivity contribution in [3.05, 3.63) is 52.0 Å². The van der Waals surface area contributed by atoms with E-state index in [4.69, 9.17) is 41.2 Å². The van der Waals surface area contributed by atoms with E-state index in [9.17, 15) is 0 Å². The second-order valence-corrected chi connectivity index (χ2v) is 4.67. The molecule has 0 atom stereocenters. The van der Waals surface area contributed by atoms with Crippen LogP contribution in [-0.4, -0.2) is 14.5 Å². The summed E-state index contributed by atoms with van der Waals surface area (Å²) in [6, 6.07) is 7.66. The number of rotatable bonds is 3. The fourth-order valence-electron chi connectivity index (χ4n) is 1.47. The Morgan fingerprint density at radius 3 is 2.76 bits per heavy atom. The van der Waals surface area contributed by atoms with Crippen LogP contribution in [0.25, 0.3) is 0 Å². The Morgan fingerprint density at radius 1 is 1.41 bits per heavy atom. The van der Waals surface area contributed by atoms with E-state index in [1.165, 1.54) is 0 Å². The van der Waals surface area contributed by atoms with Gasteiger partial charge in [0.15, 0.2) is 5.15 Å². The van der Waals surface area contributed by atoms with Gasteiger partial charge in [0.05, 0.1) is 6.33 Å². The standard InChI is InChI=1S/C11H9Cl2N3S/c12-9-10(13)16(6-15-9)5-7-2-1-3-8(4-7)11(14)17/h1-4,6H,5H2,(H2,14,17). The van der Waals surface area contributed by atoms with Crippen molar-refractivity contribution < 1.29 is 0 Å². The van der Waals surface area contributed by atoms with Crippen LogP contribution in [0.2, 0.25) is 10.3 Å². The van der Waals surface area contributed by atoms with Gasteiger partial charge in [-0.05, 0) is 11.6 Å². The summed E-state index contributed by atoms with van der Waals surface area (Å²) in [5.41, 5.74) is 7.44. The summed E-state index contributed by atoms with van der Waals surface area (Å²) in [6.07, 6.45) is 1.60. The monoisotopic (exact) mass is 285 g/mol. The second kappa shape index (κ2) is 5.04. The first kappa shape index (κ1) is 12.4. The number of aromatic nitrogens is 2. The highest BCUT2D eigenvalue weighted by Gasteiger charge is 2.07. The molecule has 0 unspecified atom stereocenters. The predicted octanol–water partition coefficient (Wildman–Crippen LogP) is 2.87. The molecule has 0 bridgehead atoms. The lowest BCUT2D eigenvalue weighted by atomic mass is 10.1. The molecule has 6 heteroatoms. The van der Waals surface area contributed by atoms with Crippen LogP contribution in [-0.2, 0) is 6.54 Å². The Balaban J connectivity index is 2.27. The molecular formula is C11H9Cl2N3S. The molecule has 0 saturated heterocycles. The second-order valence-electron chi connectivity index (χ2n) is 3.52. The molecule has 88 valence electrons. The van der Waals surface area contributed by atoms with Gasteiger partial charge in [-0.2, -0.15) is 0 Å². The minimum absolute atomic E-state index is 0.303. The maximum Gasteiger partial charge on any atom is 0.166 e. The van der Waals surface area contributed by atoms with Crippen molar-refractivity contribution in [1.82, 2.24) is 9.55 Å². The molecular weight excluding hydrogens is 277 g/mol. The Hall–Kier alpha value is -1.10. The third-order valence-corrected chi connectivity index (χ3v) is 3.30. The summed E-state index contributed by atoms with van der Waals surface area (Å²) in [6.45, 7) is 0.578. The van der Waals surface area contributed by atoms with Crippen molar-refractivity contribution in [3.8, 4) is 0 Å². The Bertz CT molecular complexity index is 566. The average Bonchev–Trinajstić information content (AvgIpc) is 2.61. The molecule has 1 heterocycles. The molecule has 0 aliphatic rings. The van der Waals surface area contributed by atoms with Crippen molar-refractivity contribution >= 4 is 40.4 Å². The van der Waals surface area contributed by atoms with Crippen LogP contribution in [0.1, 0.15) is 11.1 Å². The SMILES string of the molecule is NC(=S)c1cccc(Cn2cnc(Cl)c2Cl)c1. The van der Waals surface area contributed by atoms with Gasteiger partial charge in [-0.1, -0.05) is 53.6 Å². The number of hydrogen-bond donors (Lipinski definition) is 1. The molecule has 0 amide bonds. The topological polar surface area (TPSA) is 43.8 Å². The van der Waals surface area contributed by atoms with E-state index in [0.717, 1.165) is 11.1 Å². The highest BCUT2D eigenvalue weighted by atomic mass is 35.5. The molecule has 0 aliphatic carbocycles. The van der Waals surface area contributed by atoms with Crippen LogP contribution in [0.4, 0.5) is 0 Å². The predicted molar refractivity (Wildman–Crippen MR) is 73.7 cm³/mol. The summed E-state index contributed by atoms with van der Waals surface area (Å²) in [5, 5.41) is 0.726. The first-order valence-corrected chi connectivity index (χ1v) is 5.99. The summed E-state index contributed by atoms with van der Waals surface area (Å²) in [7, 11) is 0. The molecule has 0 fully saturated rings. The summed E-state index contributed by atoms with van der Waals surface area (Å²) in [4.78, 5) is 4.29. The molecule has 0 saturated carbocycles. The maximum atomic E-state index is 5.98.